The predicted octanol–water partition coefficient (Wildman–Crippen LogP) is 4.59. The first-order valence-electron chi connectivity index (χ1n) is 9.47. The van der Waals surface area contributed by atoms with E-state index >= 15 is 0 Å². The number of hydrogen-bond donors (Lipinski definition) is 2. The highest BCUT2D eigenvalue weighted by Gasteiger charge is 2.19. The van der Waals surface area contributed by atoms with Crippen molar-refractivity contribution in [2.24, 2.45) is 0 Å². The SMILES string of the molecule is C/C=C\c1ccc(OCCO)c(-c2c(OCCO)ccc3ccccc23)c1C. The highest BCUT2D eigenvalue weighted by Crippen LogP contribution is 2.44. The van der Waals surface area contributed by atoms with Crippen molar-refractivity contribution in [3.8, 4) is 22.6 Å². The molecule has 0 aliphatic heterocycles. The van der Waals surface area contributed by atoms with Gasteiger partial charge in [0.2, 0.25) is 0 Å². The van der Waals surface area contributed by atoms with E-state index in [-0.39, 0.29) is 26.4 Å². The van der Waals surface area contributed by atoms with Gasteiger partial charge in [-0.1, -0.05) is 48.6 Å². The molecule has 0 radical (unpaired) electrons. The molecule has 0 saturated heterocycles. The van der Waals surface area contributed by atoms with Gasteiger partial charge in [0.25, 0.3) is 0 Å². The van der Waals surface area contributed by atoms with E-state index in [1.807, 2.05) is 49.4 Å². The number of allylic oxidation sites excluding steroid dienone is 1. The minimum absolute atomic E-state index is 0.0570. The Bertz CT molecular complexity index is 976. The molecule has 2 N–H and O–H groups in total. The third-order valence-corrected chi connectivity index (χ3v) is 4.65. The van der Waals surface area contributed by atoms with Gasteiger partial charge in [-0.25, -0.2) is 0 Å². The average molecular weight is 378 g/mol. The lowest BCUT2D eigenvalue weighted by molar-refractivity contribution is 0.200. The molecule has 0 heterocycles. The van der Waals surface area contributed by atoms with Crippen molar-refractivity contribution in [1.29, 1.82) is 0 Å². The molecule has 0 aromatic heterocycles. The summed E-state index contributed by atoms with van der Waals surface area (Å²) in [5.41, 5.74) is 4.03. The van der Waals surface area contributed by atoms with Crippen LogP contribution in [0.15, 0.2) is 54.6 Å². The minimum atomic E-state index is -0.0578. The molecule has 146 valence electrons. The Labute approximate surface area is 165 Å². The Hall–Kier alpha value is -2.82. The molecule has 0 fully saturated rings. The summed E-state index contributed by atoms with van der Waals surface area (Å²) in [5.74, 6) is 1.40. The van der Waals surface area contributed by atoms with E-state index in [1.165, 1.54) is 0 Å². The van der Waals surface area contributed by atoms with Gasteiger partial charge in [-0.2, -0.15) is 0 Å². The second-order valence-corrected chi connectivity index (χ2v) is 6.46. The number of hydrogen-bond acceptors (Lipinski definition) is 4. The summed E-state index contributed by atoms with van der Waals surface area (Å²) in [7, 11) is 0. The lowest BCUT2D eigenvalue weighted by Gasteiger charge is -2.20. The number of aliphatic hydroxyl groups is 2. The molecule has 0 atom stereocenters. The molecular formula is C24H26O4. The fourth-order valence-corrected chi connectivity index (χ4v) is 3.43. The molecule has 0 saturated carbocycles. The standard InChI is InChI=1S/C24H26O4/c1-3-6-18-9-11-21(27-15-13-25)23(17(18)2)24-20-8-5-4-7-19(20)10-12-22(24)28-16-14-26/h3-12,25-26H,13-16H2,1-2H3/b6-3-. The van der Waals surface area contributed by atoms with Gasteiger partial charge in [-0.05, 0) is 47.9 Å². The molecule has 0 aliphatic rings. The summed E-state index contributed by atoms with van der Waals surface area (Å²) >= 11 is 0. The number of aliphatic hydroxyl groups excluding tert-OH is 2. The zero-order valence-electron chi connectivity index (χ0n) is 16.3. The van der Waals surface area contributed by atoms with E-state index in [4.69, 9.17) is 9.47 Å². The summed E-state index contributed by atoms with van der Waals surface area (Å²) < 4.78 is 11.8. The van der Waals surface area contributed by atoms with Gasteiger partial charge in [-0.15, -0.1) is 0 Å². The van der Waals surface area contributed by atoms with Gasteiger partial charge in [0.15, 0.2) is 0 Å². The van der Waals surface area contributed by atoms with Crippen LogP contribution in [0.2, 0.25) is 0 Å². The Kier molecular flexibility index (Phi) is 6.69. The molecule has 3 aromatic carbocycles. The van der Waals surface area contributed by atoms with Crippen molar-refractivity contribution in [1.82, 2.24) is 0 Å². The Morgan fingerprint density at radius 3 is 2.14 bits per heavy atom. The molecule has 0 unspecified atom stereocenters. The fourth-order valence-electron chi connectivity index (χ4n) is 3.43. The van der Waals surface area contributed by atoms with E-state index in [0.717, 1.165) is 33.0 Å². The van der Waals surface area contributed by atoms with Gasteiger partial charge in [-0.3, -0.25) is 0 Å². The molecule has 4 heteroatoms. The molecule has 0 spiro atoms. The van der Waals surface area contributed by atoms with Crippen LogP contribution in [-0.4, -0.2) is 36.6 Å². The molecule has 0 aliphatic carbocycles. The maximum absolute atomic E-state index is 9.26. The molecule has 0 amide bonds. The van der Waals surface area contributed by atoms with Crippen LogP contribution in [0.3, 0.4) is 0 Å². The number of fused-ring (bicyclic) bond motifs is 1. The van der Waals surface area contributed by atoms with Crippen LogP contribution in [0.5, 0.6) is 11.5 Å². The van der Waals surface area contributed by atoms with E-state index < -0.39 is 0 Å². The molecular weight excluding hydrogens is 352 g/mol. The monoisotopic (exact) mass is 378 g/mol. The van der Waals surface area contributed by atoms with Crippen molar-refractivity contribution in [2.75, 3.05) is 26.4 Å². The molecule has 4 nitrogen and oxygen atoms in total. The van der Waals surface area contributed by atoms with Crippen LogP contribution in [0.1, 0.15) is 18.1 Å². The van der Waals surface area contributed by atoms with Gasteiger partial charge in [0, 0.05) is 11.1 Å². The summed E-state index contributed by atoms with van der Waals surface area (Å²) in [6, 6.07) is 16.0. The average Bonchev–Trinajstić information content (AvgIpc) is 2.72. The van der Waals surface area contributed by atoms with Crippen molar-refractivity contribution in [2.45, 2.75) is 13.8 Å². The smallest absolute Gasteiger partial charge is 0.128 e. The topological polar surface area (TPSA) is 58.9 Å². The first-order valence-corrected chi connectivity index (χ1v) is 9.47. The lowest BCUT2D eigenvalue weighted by atomic mass is 9.90. The molecule has 28 heavy (non-hydrogen) atoms. The van der Waals surface area contributed by atoms with Crippen LogP contribution in [-0.2, 0) is 0 Å². The minimum Gasteiger partial charge on any atom is -0.491 e. The second-order valence-electron chi connectivity index (χ2n) is 6.46. The van der Waals surface area contributed by atoms with E-state index in [9.17, 15) is 10.2 Å². The zero-order chi connectivity index (χ0) is 19.9. The summed E-state index contributed by atoms with van der Waals surface area (Å²) in [6.45, 7) is 4.37. The highest BCUT2D eigenvalue weighted by atomic mass is 16.5. The van der Waals surface area contributed by atoms with E-state index in [2.05, 4.69) is 25.1 Å². The lowest BCUT2D eigenvalue weighted by Crippen LogP contribution is -2.06. The largest absolute Gasteiger partial charge is 0.491 e. The van der Waals surface area contributed by atoms with Crippen LogP contribution >= 0.6 is 0 Å². The maximum Gasteiger partial charge on any atom is 0.128 e. The van der Waals surface area contributed by atoms with Gasteiger partial charge < -0.3 is 19.7 Å². The first kappa shape index (κ1) is 19.9. The predicted molar refractivity (Wildman–Crippen MR) is 114 cm³/mol. The van der Waals surface area contributed by atoms with E-state index in [0.29, 0.717) is 11.5 Å². The van der Waals surface area contributed by atoms with Crippen molar-refractivity contribution in [3.05, 3.63) is 65.7 Å². The molecule has 3 rings (SSSR count). The van der Waals surface area contributed by atoms with Crippen molar-refractivity contribution >= 4 is 16.8 Å². The van der Waals surface area contributed by atoms with Crippen LogP contribution in [0.4, 0.5) is 0 Å². The molecule has 0 bridgehead atoms. The molecule has 3 aromatic rings. The maximum atomic E-state index is 9.26. The van der Waals surface area contributed by atoms with Gasteiger partial charge >= 0.3 is 0 Å². The normalized spacial score (nSPS) is 11.3. The highest BCUT2D eigenvalue weighted by molar-refractivity contribution is 6.02. The Balaban J connectivity index is 2.34. The van der Waals surface area contributed by atoms with Crippen molar-refractivity contribution < 1.29 is 19.7 Å². The van der Waals surface area contributed by atoms with Gasteiger partial charge in [0.1, 0.15) is 24.7 Å². The first-order chi connectivity index (χ1) is 13.7. The third-order valence-electron chi connectivity index (χ3n) is 4.65. The van der Waals surface area contributed by atoms with Gasteiger partial charge in [0.05, 0.1) is 13.2 Å². The van der Waals surface area contributed by atoms with Crippen LogP contribution < -0.4 is 9.47 Å². The second kappa shape index (κ2) is 9.40. The fraction of sp³-hybridized carbons (Fsp3) is 0.250. The van der Waals surface area contributed by atoms with Crippen molar-refractivity contribution in [3.63, 3.8) is 0 Å². The summed E-state index contributed by atoms with van der Waals surface area (Å²) in [6.07, 6.45) is 4.07. The number of rotatable bonds is 8. The summed E-state index contributed by atoms with van der Waals surface area (Å²) in [4.78, 5) is 0. The number of ether oxygens (including phenoxy) is 2. The zero-order valence-corrected chi connectivity index (χ0v) is 16.3. The Morgan fingerprint density at radius 1 is 0.821 bits per heavy atom. The quantitative estimate of drug-likeness (QED) is 0.602. The Morgan fingerprint density at radius 2 is 1.46 bits per heavy atom. The summed E-state index contributed by atoms with van der Waals surface area (Å²) in [5, 5.41) is 20.6. The third kappa shape index (κ3) is 4.03. The van der Waals surface area contributed by atoms with Crippen LogP contribution in [0.25, 0.3) is 28.0 Å². The number of benzene rings is 3. The van der Waals surface area contributed by atoms with Crippen LogP contribution in [0, 0.1) is 6.92 Å². The van der Waals surface area contributed by atoms with E-state index in [1.54, 1.807) is 0 Å².